The maximum Gasteiger partial charge on any atom is 0.414 e. The van der Waals surface area contributed by atoms with Crippen molar-refractivity contribution in [2.75, 3.05) is 44.4 Å². The summed E-state index contributed by atoms with van der Waals surface area (Å²) in [5, 5.41) is 0. The minimum Gasteiger partial charge on any atom is -0.465 e. The van der Waals surface area contributed by atoms with E-state index in [1.165, 1.54) is 0 Å². The summed E-state index contributed by atoms with van der Waals surface area (Å²) in [5.41, 5.74) is 1.16. The van der Waals surface area contributed by atoms with E-state index in [1.54, 1.807) is 23.6 Å². The third kappa shape index (κ3) is 8.24. The van der Waals surface area contributed by atoms with Crippen LogP contribution in [0.2, 0.25) is 25.7 Å². The molecular formula is C30H46N2O8Si. The Morgan fingerprint density at radius 3 is 2.15 bits per heavy atom. The maximum atomic E-state index is 13.3. The Kier molecular flexibility index (Phi) is 10.2. The van der Waals surface area contributed by atoms with Gasteiger partial charge in [-0.05, 0) is 70.7 Å². The summed E-state index contributed by atoms with van der Waals surface area (Å²) in [6.45, 7) is 17.4. The van der Waals surface area contributed by atoms with Crippen molar-refractivity contribution in [3.05, 3.63) is 29.3 Å². The van der Waals surface area contributed by atoms with Gasteiger partial charge in [0.1, 0.15) is 5.60 Å². The number of benzene rings is 1. The molecule has 1 spiro atoms. The Morgan fingerprint density at radius 1 is 0.951 bits per heavy atom. The first-order valence-electron chi connectivity index (χ1n) is 14.5. The molecule has 1 saturated heterocycles. The highest BCUT2D eigenvalue weighted by atomic mass is 28.3. The van der Waals surface area contributed by atoms with Crippen LogP contribution in [0.15, 0.2) is 18.2 Å². The first kappa shape index (κ1) is 32.4. The van der Waals surface area contributed by atoms with E-state index in [2.05, 4.69) is 19.6 Å². The first-order chi connectivity index (χ1) is 19.1. The van der Waals surface area contributed by atoms with Gasteiger partial charge in [0.15, 0.2) is 5.92 Å². The molecule has 3 rings (SSSR count). The van der Waals surface area contributed by atoms with E-state index in [-0.39, 0.29) is 19.6 Å². The molecule has 2 amide bonds. The molecule has 41 heavy (non-hydrogen) atoms. The van der Waals surface area contributed by atoms with Crippen LogP contribution in [0.3, 0.4) is 0 Å². The number of fused-ring (bicyclic) bond motifs is 2. The summed E-state index contributed by atoms with van der Waals surface area (Å²) < 4.78 is 21.6. The van der Waals surface area contributed by atoms with Crippen molar-refractivity contribution >= 4 is 37.9 Å². The van der Waals surface area contributed by atoms with Crippen LogP contribution in [0.1, 0.15) is 52.2 Å². The lowest BCUT2D eigenvalue weighted by Gasteiger charge is -2.27. The zero-order chi connectivity index (χ0) is 30.6. The van der Waals surface area contributed by atoms with Gasteiger partial charge in [-0.15, -0.1) is 0 Å². The molecule has 10 nitrogen and oxygen atoms in total. The molecular weight excluding hydrogens is 544 g/mol. The van der Waals surface area contributed by atoms with Crippen molar-refractivity contribution in [1.82, 2.24) is 4.90 Å². The Balaban J connectivity index is 1.94. The van der Waals surface area contributed by atoms with Gasteiger partial charge in [-0.25, -0.2) is 9.59 Å². The highest BCUT2D eigenvalue weighted by Gasteiger charge is 2.51. The number of likely N-dealkylation sites (tertiary alicyclic amines) is 1. The van der Waals surface area contributed by atoms with Crippen molar-refractivity contribution in [1.29, 1.82) is 0 Å². The van der Waals surface area contributed by atoms with Crippen LogP contribution in [0.4, 0.5) is 15.3 Å². The van der Waals surface area contributed by atoms with Crippen molar-refractivity contribution in [3.8, 4) is 0 Å². The van der Waals surface area contributed by atoms with Crippen LogP contribution >= 0.6 is 0 Å². The lowest BCUT2D eigenvalue weighted by atomic mass is 9.80. The van der Waals surface area contributed by atoms with Gasteiger partial charge in [-0.2, -0.15) is 0 Å². The van der Waals surface area contributed by atoms with Gasteiger partial charge in [0, 0.05) is 33.1 Å². The van der Waals surface area contributed by atoms with E-state index in [4.69, 9.17) is 18.9 Å². The average Bonchev–Trinajstić information content (AvgIpc) is 3.43. The van der Waals surface area contributed by atoms with Crippen molar-refractivity contribution in [2.45, 2.75) is 84.2 Å². The Labute approximate surface area is 244 Å². The molecule has 11 heteroatoms. The molecule has 0 N–H and O–H groups in total. The molecule has 2 aliphatic rings. The number of amides is 2. The van der Waals surface area contributed by atoms with Gasteiger partial charge in [-0.3, -0.25) is 14.5 Å². The molecule has 2 heterocycles. The molecule has 0 saturated carbocycles. The van der Waals surface area contributed by atoms with Crippen LogP contribution in [-0.2, 0) is 40.4 Å². The Hall–Kier alpha value is -3.08. The van der Waals surface area contributed by atoms with Gasteiger partial charge in [0.25, 0.3) is 0 Å². The fourth-order valence-electron chi connectivity index (χ4n) is 5.22. The van der Waals surface area contributed by atoms with Crippen LogP contribution < -0.4 is 4.90 Å². The summed E-state index contributed by atoms with van der Waals surface area (Å²) in [7, 11) is -1.39. The third-order valence-electron chi connectivity index (χ3n) is 7.27. The minimum atomic E-state index is -1.39. The van der Waals surface area contributed by atoms with Gasteiger partial charge >= 0.3 is 24.1 Å². The smallest absolute Gasteiger partial charge is 0.414 e. The number of ether oxygens (including phenoxy) is 4. The molecule has 2 aliphatic heterocycles. The normalized spacial score (nSPS) is 18.5. The van der Waals surface area contributed by atoms with Gasteiger partial charge in [-0.1, -0.05) is 31.8 Å². The van der Waals surface area contributed by atoms with Crippen LogP contribution in [0.5, 0.6) is 0 Å². The number of esters is 2. The molecule has 1 unspecified atom stereocenters. The Bertz CT molecular complexity index is 1120. The maximum absolute atomic E-state index is 13.3. The predicted molar refractivity (Wildman–Crippen MR) is 158 cm³/mol. The lowest BCUT2D eigenvalue weighted by molar-refractivity contribution is -0.161. The lowest BCUT2D eigenvalue weighted by Crippen LogP contribution is -2.41. The van der Waals surface area contributed by atoms with Crippen LogP contribution in [0, 0.1) is 5.92 Å². The summed E-state index contributed by atoms with van der Waals surface area (Å²) in [4.78, 5) is 54.9. The Morgan fingerprint density at radius 2 is 1.59 bits per heavy atom. The SMILES string of the molecule is CCOC(=O)C(Cc1ccc2c(c1)C1(CCN(C(=O)OC(C)(C)C)C1)CN2C(=O)OCC[Si](C)(C)C)C(=O)OCC. The van der Waals surface area contributed by atoms with E-state index < -0.39 is 49.1 Å². The highest BCUT2D eigenvalue weighted by Crippen LogP contribution is 2.47. The molecule has 1 aromatic carbocycles. The summed E-state index contributed by atoms with van der Waals surface area (Å²) in [6.07, 6.45) is -0.0911. The number of nitrogens with zero attached hydrogens (tertiary/aromatic N) is 2. The zero-order valence-corrected chi connectivity index (χ0v) is 26.8. The number of carbonyl (C=O) groups is 4. The van der Waals surface area contributed by atoms with E-state index >= 15 is 0 Å². The molecule has 0 bridgehead atoms. The van der Waals surface area contributed by atoms with Gasteiger partial charge < -0.3 is 23.8 Å². The molecule has 1 aromatic rings. The number of hydrogen-bond donors (Lipinski definition) is 0. The molecule has 1 atom stereocenters. The van der Waals surface area contributed by atoms with Crippen LogP contribution in [-0.4, -0.2) is 82.2 Å². The first-order valence-corrected chi connectivity index (χ1v) is 18.2. The third-order valence-corrected chi connectivity index (χ3v) is 8.97. The minimum absolute atomic E-state index is 0.0947. The summed E-state index contributed by atoms with van der Waals surface area (Å²) >= 11 is 0. The quantitative estimate of drug-likeness (QED) is 0.168. The molecule has 0 aliphatic carbocycles. The number of hydrogen-bond acceptors (Lipinski definition) is 8. The average molecular weight is 591 g/mol. The van der Waals surface area contributed by atoms with Gasteiger partial charge in [0.05, 0.1) is 25.5 Å². The van der Waals surface area contributed by atoms with Crippen molar-refractivity contribution in [2.24, 2.45) is 5.92 Å². The van der Waals surface area contributed by atoms with Crippen LogP contribution in [0.25, 0.3) is 0 Å². The molecule has 1 fully saturated rings. The van der Waals surface area contributed by atoms with E-state index in [9.17, 15) is 19.2 Å². The second-order valence-electron chi connectivity index (χ2n) is 13.1. The van der Waals surface area contributed by atoms with E-state index in [0.717, 1.165) is 17.2 Å². The van der Waals surface area contributed by atoms with Gasteiger partial charge in [0.2, 0.25) is 0 Å². The van der Waals surface area contributed by atoms with Crippen molar-refractivity contribution < 1.29 is 38.1 Å². The molecule has 0 aromatic heterocycles. The number of anilines is 1. The molecule has 228 valence electrons. The second-order valence-corrected chi connectivity index (χ2v) is 18.7. The highest BCUT2D eigenvalue weighted by molar-refractivity contribution is 6.76. The summed E-state index contributed by atoms with van der Waals surface area (Å²) in [5.74, 6) is -2.37. The zero-order valence-electron chi connectivity index (χ0n) is 25.8. The van der Waals surface area contributed by atoms with E-state index in [1.807, 2.05) is 39.0 Å². The fraction of sp³-hybridized carbons (Fsp3) is 0.667. The number of carbonyl (C=O) groups excluding carboxylic acids is 4. The van der Waals surface area contributed by atoms with E-state index in [0.29, 0.717) is 38.3 Å². The van der Waals surface area contributed by atoms with Crippen molar-refractivity contribution in [3.63, 3.8) is 0 Å². The number of rotatable bonds is 9. The fourth-order valence-corrected chi connectivity index (χ4v) is 5.93. The second kappa shape index (κ2) is 12.8. The predicted octanol–water partition coefficient (Wildman–Crippen LogP) is 5.14. The largest absolute Gasteiger partial charge is 0.465 e. The summed E-state index contributed by atoms with van der Waals surface area (Å²) in [6, 6.07) is 6.45. The monoisotopic (exact) mass is 590 g/mol. The topological polar surface area (TPSA) is 112 Å². The standard InChI is InChI=1S/C30H46N2O8Si/c1-9-37-25(33)22(26(34)38-10-2)17-21-11-12-24-23(18-21)30(13-14-31(19-30)27(35)40-29(3,4)5)20-32(24)28(36)39-15-16-41(6,7)8/h11-12,18,22H,9-10,13-17,19-20H2,1-8H3. The molecule has 0 radical (unpaired) electrons.